The van der Waals surface area contributed by atoms with Crippen molar-refractivity contribution in [2.24, 2.45) is 5.10 Å². The lowest BCUT2D eigenvalue weighted by Crippen LogP contribution is -2.32. The Hall–Kier alpha value is -4.79. The van der Waals surface area contributed by atoms with Crippen LogP contribution in [0.15, 0.2) is 77.5 Å². The van der Waals surface area contributed by atoms with E-state index in [9.17, 15) is 14.7 Å². The molecule has 0 fully saturated rings. The van der Waals surface area contributed by atoms with Crippen molar-refractivity contribution in [3.8, 4) is 23.0 Å². The number of rotatable bonds is 9. The van der Waals surface area contributed by atoms with Crippen molar-refractivity contribution in [1.82, 2.24) is 10.7 Å². The molecule has 0 unspecified atom stereocenters. The van der Waals surface area contributed by atoms with E-state index < -0.39 is 11.8 Å². The second-order valence-corrected chi connectivity index (χ2v) is 7.09. The lowest BCUT2D eigenvalue weighted by Gasteiger charge is -2.11. The molecule has 0 heterocycles. The van der Waals surface area contributed by atoms with E-state index in [0.29, 0.717) is 28.2 Å². The van der Waals surface area contributed by atoms with Crippen LogP contribution in [0, 0.1) is 0 Å². The number of methoxy groups -OCH3 is 3. The van der Waals surface area contributed by atoms with E-state index in [2.05, 4.69) is 15.8 Å². The fourth-order valence-electron chi connectivity index (χ4n) is 3.08. The maximum atomic E-state index is 12.9. The van der Waals surface area contributed by atoms with E-state index in [1.807, 2.05) is 0 Å². The van der Waals surface area contributed by atoms with E-state index in [-0.39, 0.29) is 17.2 Å². The van der Waals surface area contributed by atoms with Crippen molar-refractivity contribution in [3.63, 3.8) is 0 Å². The second-order valence-electron chi connectivity index (χ2n) is 7.09. The van der Waals surface area contributed by atoms with Gasteiger partial charge in [0.2, 0.25) is 0 Å². The molecule has 3 aromatic carbocycles. The van der Waals surface area contributed by atoms with Gasteiger partial charge in [0.25, 0.3) is 11.8 Å². The van der Waals surface area contributed by atoms with Crippen molar-refractivity contribution < 1.29 is 28.9 Å². The molecule has 0 saturated heterocycles. The number of hydrazone groups is 1. The topological polar surface area (TPSA) is 118 Å². The van der Waals surface area contributed by atoms with Gasteiger partial charge in [0.15, 0.2) is 23.0 Å². The first-order valence-electron chi connectivity index (χ1n) is 10.5. The third-order valence-corrected chi connectivity index (χ3v) is 4.87. The molecule has 3 rings (SSSR count). The van der Waals surface area contributed by atoms with E-state index in [4.69, 9.17) is 14.2 Å². The molecule has 0 aliphatic rings. The minimum absolute atomic E-state index is 0.0573. The van der Waals surface area contributed by atoms with Gasteiger partial charge < -0.3 is 24.6 Å². The molecule has 0 atom stereocenters. The van der Waals surface area contributed by atoms with Crippen molar-refractivity contribution >= 4 is 24.1 Å². The Labute approximate surface area is 202 Å². The molecule has 0 aliphatic carbocycles. The lowest BCUT2D eigenvalue weighted by atomic mass is 10.1. The highest BCUT2D eigenvalue weighted by Crippen LogP contribution is 2.29. The molecule has 2 amide bonds. The third kappa shape index (κ3) is 6.38. The summed E-state index contributed by atoms with van der Waals surface area (Å²) < 4.78 is 15.6. The molecule has 0 aromatic heterocycles. The summed E-state index contributed by atoms with van der Waals surface area (Å²) in [7, 11) is 4.45. The average Bonchev–Trinajstić information content (AvgIpc) is 2.89. The van der Waals surface area contributed by atoms with Crippen LogP contribution in [0.3, 0.4) is 0 Å². The number of carbonyl (C=O) groups is 2. The fraction of sp³-hybridized carbons (Fsp3) is 0.115. The summed E-state index contributed by atoms with van der Waals surface area (Å²) >= 11 is 0. The summed E-state index contributed by atoms with van der Waals surface area (Å²) in [4.78, 5) is 25.7. The molecule has 0 bridgehead atoms. The zero-order chi connectivity index (χ0) is 25.2. The lowest BCUT2D eigenvalue weighted by molar-refractivity contribution is -0.117. The molecule has 9 nitrogen and oxygen atoms in total. The molecule has 3 aromatic rings. The molecule has 9 heteroatoms. The van der Waals surface area contributed by atoms with E-state index in [1.165, 1.54) is 33.6 Å². The molecule has 3 N–H and O–H groups in total. The highest BCUT2D eigenvalue weighted by Gasteiger charge is 2.15. The summed E-state index contributed by atoms with van der Waals surface area (Å²) in [5, 5.41) is 16.7. The summed E-state index contributed by atoms with van der Waals surface area (Å²) in [6, 6.07) is 18.4. The summed E-state index contributed by atoms with van der Waals surface area (Å²) in [6.45, 7) is 0. The Morgan fingerprint density at radius 1 is 0.857 bits per heavy atom. The van der Waals surface area contributed by atoms with Crippen LogP contribution in [-0.2, 0) is 4.79 Å². The normalized spacial score (nSPS) is 11.1. The molecule has 0 radical (unpaired) electrons. The van der Waals surface area contributed by atoms with E-state index >= 15 is 0 Å². The zero-order valence-electron chi connectivity index (χ0n) is 19.4. The molecule has 0 saturated carbocycles. The van der Waals surface area contributed by atoms with Crippen molar-refractivity contribution in [1.29, 1.82) is 0 Å². The van der Waals surface area contributed by atoms with Crippen LogP contribution in [0.2, 0.25) is 0 Å². The van der Waals surface area contributed by atoms with Gasteiger partial charge in [-0.25, -0.2) is 5.43 Å². The number of amides is 2. The Balaban J connectivity index is 1.88. The number of benzene rings is 3. The Morgan fingerprint density at radius 2 is 1.57 bits per heavy atom. The summed E-state index contributed by atoms with van der Waals surface area (Å²) in [5.74, 6) is -0.0194. The van der Waals surface area contributed by atoms with Crippen LogP contribution >= 0.6 is 0 Å². The highest BCUT2D eigenvalue weighted by atomic mass is 16.5. The number of aromatic hydroxyl groups is 1. The largest absolute Gasteiger partial charge is 0.504 e. The van der Waals surface area contributed by atoms with Crippen LogP contribution < -0.4 is 25.0 Å². The monoisotopic (exact) mass is 475 g/mol. The van der Waals surface area contributed by atoms with Crippen molar-refractivity contribution in [2.75, 3.05) is 21.3 Å². The van der Waals surface area contributed by atoms with Gasteiger partial charge in [-0.1, -0.05) is 30.3 Å². The number of nitrogens with one attached hydrogen (secondary N) is 2. The Kier molecular flexibility index (Phi) is 8.44. The second kappa shape index (κ2) is 11.9. The Morgan fingerprint density at radius 3 is 2.26 bits per heavy atom. The first kappa shape index (κ1) is 24.8. The minimum atomic E-state index is -0.678. The predicted molar refractivity (Wildman–Crippen MR) is 132 cm³/mol. The van der Waals surface area contributed by atoms with Gasteiger partial charge in [-0.2, -0.15) is 5.10 Å². The van der Waals surface area contributed by atoms with Gasteiger partial charge in [-0.05, 0) is 48.0 Å². The first-order chi connectivity index (χ1) is 17.0. The highest BCUT2D eigenvalue weighted by molar-refractivity contribution is 6.05. The Bertz CT molecular complexity index is 1260. The SMILES string of the molecule is COc1ccc(C=C(NC(=O)c2ccccc2)C(=O)NN=Cc2cccc(OC)c2O)cc1OC. The van der Waals surface area contributed by atoms with Gasteiger partial charge in [0.05, 0.1) is 27.5 Å². The number of phenols is 1. The maximum absolute atomic E-state index is 12.9. The van der Waals surface area contributed by atoms with Crippen LogP contribution in [0.1, 0.15) is 21.5 Å². The van der Waals surface area contributed by atoms with Gasteiger partial charge >= 0.3 is 0 Å². The quantitative estimate of drug-likeness (QED) is 0.248. The molecule has 0 aliphatic heterocycles. The smallest absolute Gasteiger partial charge is 0.287 e. The van der Waals surface area contributed by atoms with Crippen LogP contribution in [0.4, 0.5) is 0 Å². The number of para-hydroxylation sites is 1. The van der Waals surface area contributed by atoms with Crippen molar-refractivity contribution in [2.45, 2.75) is 0 Å². The number of nitrogens with zero attached hydrogens (tertiary/aromatic N) is 1. The van der Waals surface area contributed by atoms with E-state index in [0.717, 1.165) is 0 Å². The van der Waals surface area contributed by atoms with Crippen LogP contribution in [0.25, 0.3) is 6.08 Å². The van der Waals surface area contributed by atoms with Gasteiger partial charge in [-0.15, -0.1) is 0 Å². The van der Waals surface area contributed by atoms with Crippen LogP contribution in [-0.4, -0.2) is 44.5 Å². The number of phenolic OH excluding ortho intramolecular Hbond substituents is 1. The zero-order valence-corrected chi connectivity index (χ0v) is 19.4. The van der Waals surface area contributed by atoms with Gasteiger partial charge in [0, 0.05) is 11.1 Å². The predicted octanol–water partition coefficient (Wildman–Crippen LogP) is 3.34. The number of carbonyl (C=O) groups excluding carboxylic acids is 2. The molecule has 35 heavy (non-hydrogen) atoms. The fourth-order valence-corrected chi connectivity index (χ4v) is 3.08. The average molecular weight is 476 g/mol. The molecular weight excluding hydrogens is 450 g/mol. The van der Waals surface area contributed by atoms with Gasteiger partial charge in [-0.3, -0.25) is 9.59 Å². The minimum Gasteiger partial charge on any atom is -0.504 e. The van der Waals surface area contributed by atoms with E-state index in [1.54, 1.807) is 66.7 Å². The summed E-state index contributed by atoms with van der Waals surface area (Å²) in [5.41, 5.74) is 3.60. The van der Waals surface area contributed by atoms with Crippen molar-refractivity contribution in [3.05, 3.63) is 89.1 Å². The summed E-state index contributed by atoms with van der Waals surface area (Å²) in [6.07, 6.45) is 2.75. The third-order valence-electron chi connectivity index (χ3n) is 4.87. The number of hydrogen-bond acceptors (Lipinski definition) is 7. The number of hydrogen-bond donors (Lipinski definition) is 3. The first-order valence-corrected chi connectivity index (χ1v) is 10.5. The molecule has 0 spiro atoms. The van der Waals surface area contributed by atoms with Crippen LogP contribution in [0.5, 0.6) is 23.0 Å². The molecular formula is C26H25N3O6. The number of ether oxygens (including phenoxy) is 3. The standard InChI is InChI=1S/C26H25N3O6/c1-33-21-13-12-17(15-23(21)35-3)14-20(28-25(31)18-8-5-4-6-9-18)26(32)29-27-16-19-10-7-11-22(34-2)24(19)30/h4-16,30H,1-3H3,(H,28,31)(H,29,32). The maximum Gasteiger partial charge on any atom is 0.287 e. The molecule has 180 valence electrons. The van der Waals surface area contributed by atoms with Gasteiger partial charge in [0.1, 0.15) is 5.70 Å².